The number of halogens is 1. The molecule has 1 amide bonds. The van der Waals surface area contributed by atoms with Crippen molar-refractivity contribution in [3.63, 3.8) is 0 Å². The first-order valence-corrected chi connectivity index (χ1v) is 10.00. The van der Waals surface area contributed by atoms with E-state index >= 15 is 0 Å². The molecule has 2 aromatic carbocycles. The van der Waals surface area contributed by atoms with Crippen LogP contribution in [0.5, 0.6) is 0 Å². The van der Waals surface area contributed by atoms with E-state index in [1.807, 2.05) is 23.1 Å². The van der Waals surface area contributed by atoms with E-state index in [1.54, 1.807) is 24.3 Å². The molecular weight excluding hydrogens is 402 g/mol. The molecule has 3 aromatic rings. The first-order chi connectivity index (χ1) is 14.5. The van der Waals surface area contributed by atoms with Crippen LogP contribution in [0.4, 0.5) is 11.5 Å². The minimum Gasteiger partial charge on any atom is -0.478 e. The van der Waals surface area contributed by atoms with Crippen LogP contribution in [0, 0.1) is 0 Å². The van der Waals surface area contributed by atoms with Crippen molar-refractivity contribution in [1.29, 1.82) is 0 Å². The van der Waals surface area contributed by atoms with Gasteiger partial charge < -0.3 is 15.3 Å². The monoisotopic (exact) mass is 421 g/mol. The molecule has 2 N–H and O–H groups in total. The van der Waals surface area contributed by atoms with Gasteiger partial charge in [0.25, 0.3) is 5.91 Å². The summed E-state index contributed by atoms with van der Waals surface area (Å²) in [6, 6.07) is 18.3. The molecule has 6 nitrogen and oxygen atoms in total. The van der Waals surface area contributed by atoms with Crippen LogP contribution in [-0.4, -0.2) is 35.1 Å². The summed E-state index contributed by atoms with van der Waals surface area (Å²) in [5.41, 5.74) is 1.91. The van der Waals surface area contributed by atoms with E-state index in [2.05, 4.69) is 22.4 Å². The standard InChI is InChI=1S/C23H20ClN3O3/c24-20-9-5-4-8-18(20)22(28)26-17-12-19(23(29)30)21(25-13-17)27-11-10-16(14-27)15-6-2-1-3-7-15/h1-9,12-13,16H,10-11,14H2,(H,26,28)(H,29,30)/t16-/m0/s1. The number of anilines is 2. The van der Waals surface area contributed by atoms with Gasteiger partial charge in [0.15, 0.2) is 0 Å². The number of nitrogens with one attached hydrogen (secondary N) is 1. The molecule has 1 fully saturated rings. The molecule has 0 saturated carbocycles. The largest absolute Gasteiger partial charge is 0.478 e. The Hall–Kier alpha value is -3.38. The van der Waals surface area contributed by atoms with Gasteiger partial charge in [0.2, 0.25) is 0 Å². The maximum Gasteiger partial charge on any atom is 0.339 e. The predicted octanol–water partition coefficient (Wildman–Crippen LogP) is 4.68. The molecule has 4 rings (SSSR count). The van der Waals surface area contributed by atoms with Crippen LogP contribution >= 0.6 is 11.6 Å². The number of hydrogen-bond acceptors (Lipinski definition) is 4. The van der Waals surface area contributed by atoms with Crippen molar-refractivity contribution >= 4 is 35.0 Å². The average Bonchev–Trinajstić information content (AvgIpc) is 3.24. The summed E-state index contributed by atoms with van der Waals surface area (Å²) >= 11 is 6.07. The second kappa shape index (κ2) is 8.55. The Labute approximate surface area is 179 Å². The Bertz CT molecular complexity index is 1090. The Morgan fingerprint density at radius 2 is 1.80 bits per heavy atom. The first kappa shape index (κ1) is 19.9. The van der Waals surface area contributed by atoms with Gasteiger partial charge in [-0.1, -0.05) is 54.1 Å². The number of aromatic nitrogens is 1. The van der Waals surface area contributed by atoms with Crippen molar-refractivity contribution in [3.05, 3.63) is 88.6 Å². The smallest absolute Gasteiger partial charge is 0.339 e. The number of carboxylic acid groups (broad SMARTS) is 1. The van der Waals surface area contributed by atoms with Gasteiger partial charge in [-0.05, 0) is 30.2 Å². The number of carbonyl (C=O) groups excluding carboxylic acids is 1. The normalized spacial score (nSPS) is 15.8. The van der Waals surface area contributed by atoms with Gasteiger partial charge in [-0.3, -0.25) is 4.79 Å². The quantitative estimate of drug-likeness (QED) is 0.625. The van der Waals surface area contributed by atoms with E-state index < -0.39 is 11.9 Å². The Kier molecular flexibility index (Phi) is 5.68. The third kappa shape index (κ3) is 4.14. The van der Waals surface area contributed by atoms with E-state index in [1.165, 1.54) is 17.8 Å². The maximum absolute atomic E-state index is 12.5. The minimum atomic E-state index is -1.09. The summed E-state index contributed by atoms with van der Waals surface area (Å²) in [4.78, 5) is 30.7. The van der Waals surface area contributed by atoms with Crippen molar-refractivity contribution in [2.45, 2.75) is 12.3 Å². The van der Waals surface area contributed by atoms with Crippen molar-refractivity contribution in [1.82, 2.24) is 4.98 Å². The zero-order valence-corrected chi connectivity index (χ0v) is 16.8. The topological polar surface area (TPSA) is 82.5 Å². The highest BCUT2D eigenvalue weighted by Gasteiger charge is 2.28. The molecule has 30 heavy (non-hydrogen) atoms. The number of rotatable bonds is 5. The zero-order chi connectivity index (χ0) is 21.1. The number of pyridine rings is 1. The predicted molar refractivity (Wildman–Crippen MR) is 117 cm³/mol. The Morgan fingerprint density at radius 1 is 1.07 bits per heavy atom. The lowest BCUT2D eigenvalue weighted by Crippen LogP contribution is -2.23. The number of nitrogens with zero attached hydrogens (tertiary/aromatic N) is 2. The van der Waals surface area contributed by atoms with Crippen LogP contribution in [0.3, 0.4) is 0 Å². The molecule has 2 heterocycles. The Balaban J connectivity index is 1.55. The lowest BCUT2D eigenvalue weighted by molar-refractivity contribution is 0.0697. The number of benzene rings is 2. The molecule has 152 valence electrons. The maximum atomic E-state index is 12.5. The molecule has 0 spiro atoms. The molecule has 1 saturated heterocycles. The van der Waals surface area contributed by atoms with Gasteiger partial charge in [-0.25, -0.2) is 9.78 Å². The highest BCUT2D eigenvalue weighted by atomic mass is 35.5. The van der Waals surface area contributed by atoms with E-state index in [0.29, 0.717) is 34.6 Å². The molecule has 0 unspecified atom stereocenters. The van der Waals surface area contributed by atoms with Gasteiger partial charge in [0.1, 0.15) is 11.4 Å². The molecule has 0 radical (unpaired) electrons. The lowest BCUT2D eigenvalue weighted by Gasteiger charge is -2.20. The molecule has 1 aliphatic heterocycles. The van der Waals surface area contributed by atoms with Crippen LogP contribution in [0.2, 0.25) is 5.02 Å². The summed E-state index contributed by atoms with van der Waals surface area (Å²) in [7, 11) is 0. The molecule has 0 aliphatic carbocycles. The summed E-state index contributed by atoms with van der Waals surface area (Å²) in [5, 5.41) is 12.7. The Morgan fingerprint density at radius 3 is 2.53 bits per heavy atom. The van der Waals surface area contributed by atoms with Crippen molar-refractivity contribution in [3.8, 4) is 0 Å². The molecule has 1 atom stereocenters. The van der Waals surface area contributed by atoms with E-state index in [-0.39, 0.29) is 5.56 Å². The van der Waals surface area contributed by atoms with Gasteiger partial charge in [-0.15, -0.1) is 0 Å². The van der Waals surface area contributed by atoms with Crippen molar-refractivity contribution in [2.24, 2.45) is 0 Å². The number of carbonyl (C=O) groups is 2. The first-order valence-electron chi connectivity index (χ1n) is 9.62. The van der Waals surface area contributed by atoms with E-state index in [4.69, 9.17) is 11.6 Å². The highest BCUT2D eigenvalue weighted by molar-refractivity contribution is 6.34. The SMILES string of the molecule is O=C(Nc1cnc(N2CC[C@H](c3ccccc3)C2)c(C(=O)O)c1)c1ccccc1Cl. The van der Waals surface area contributed by atoms with Crippen LogP contribution in [0.1, 0.15) is 38.6 Å². The summed E-state index contributed by atoms with van der Waals surface area (Å²) < 4.78 is 0. The number of hydrogen-bond donors (Lipinski definition) is 2. The van der Waals surface area contributed by atoms with Crippen LogP contribution in [0.15, 0.2) is 66.9 Å². The minimum absolute atomic E-state index is 0.0562. The lowest BCUT2D eigenvalue weighted by atomic mass is 9.99. The van der Waals surface area contributed by atoms with Gasteiger partial charge in [0, 0.05) is 19.0 Å². The molecular formula is C23H20ClN3O3. The van der Waals surface area contributed by atoms with Crippen LogP contribution in [0.25, 0.3) is 0 Å². The summed E-state index contributed by atoms with van der Waals surface area (Å²) in [5.74, 6) is -0.766. The highest BCUT2D eigenvalue weighted by Crippen LogP contribution is 2.32. The number of carboxylic acids is 1. The summed E-state index contributed by atoms with van der Waals surface area (Å²) in [6.07, 6.45) is 2.40. The fraction of sp³-hybridized carbons (Fsp3) is 0.174. The third-order valence-corrected chi connectivity index (χ3v) is 5.56. The van der Waals surface area contributed by atoms with Crippen LogP contribution < -0.4 is 10.2 Å². The molecule has 1 aromatic heterocycles. The number of aromatic carboxylic acids is 1. The van der Waals surface area contributed by atoms with E-state index in [9.17, 15) is 14.7 Å². The summed E-state index contributed by atoms with van der Waals surface area (Å²) in [6.45, 7) is 1.42. The second-order valence-corrected chi connectivity index (χ2v) is 7.58. The molecule has 0 bridgehead atoms. The van der Waals surface area contributed by atoms with Crippen molar-refractivity contribution in [2.75, 3.05) is 23.3 Å². The fourth-order valence-corrected chi connectivity index (χ4v) is 3.95. The van der Waals surface area contributed by atoms with Crippen LogP contribution in [-0.2, 0) is 0 Å². The van der Waals surface area contributed by atoms with Gasteiger partial charge in [0.05, 0.1) is 22.5 Å². The average molecular weight is 422 g/mol. The fourth-order valence-electron chi connectivity index (χ4n) is 3.73. The third-order valence-electron chi connectivity index (χ3n) is 5.23. The second-order valence-electron chi connectivity index (χ2n) is 7.18. The van der Waals surface area contributed by atoms with Gasteiger partial charge in [-0.2, -0.15) is 0 Å². The molecule has 7 heteroatoms. The number of amides is 1. The van der Waals surface area contributed by atoms with Gasteiger partial charge >= 0.3 is 5.97 Å². The molecule has 1 aliphatic rings. The zero-order valence-electron chi connectivity index (χ0n) is 16.1. The van der Waals surface area contributed by atoms with Crippen molar-refractivity contribution < 1.29 is 14.7 Å². The van der Waals surface area contributed by atoms with E-state index in [0.717, 1.165) is 13.0 Å².